The highest BCUT2D eigenvalue weighted by Crippen LogP contribution is 2.45. The molecule has 0 amide bonds. The molecule has 3 nitrogen and oxygen atoms in total. The maximum Gasteiger partial charge on any atom is 0.118 e. The van der Waals surface area contributed by atoms with Crippen LogP contribution in [0, 0.1) is 5.92 Å². The Kier molecular flexibility index (Phi) is 7.72. The molecule has 1 fully saturated rings. The second-order valence-corrected chi connectivity index (χ2v) is 7.80. The molecule has 27 heavy (non-hydrogen) atoms. The number of nitrogens with zero attached hydrogens (tertiary/aromatic N) is 1. The lowest BCUT2D eigenvalue weighted by molar-refractivity contribution is -0.0770. The number of hydrogen-bond donors (Lipinski definition) is 1. The summed E-state index contributed by atoms with van der Waals surface area (Å²) in [7, 11) is 5.93. The van der Waals surface area contributed by atoms with Crippen molar-refractivity contribution in [3.63, 3.8) is 0 Å². The van der Waals surface area contributed by atoms with Gasteiger partial charge in [-0.05, 0) is 50.2 Å². The van der Waals surface area contributed by atoms with E-state index in [-0.39, 0.29) is 24.4 Å². The molecule has 148 valence electrons. The zero-order valence-electron chi connectivity index (χ0n) is 16.6. The second-order valence-electron chi connectivity index (χ2n) is 7.80. The number of halogens is 1. The lowest BCUT2D eigenvalue weighted by Crippen LogP contribution is -2.48. The van der Waals surface area contributed by atoms with E-state index in [1.165, 1.54) is 17.5 Å². The first kappa shape index (κ1) is 21.7. The van der Waals surface area contributed by atoms with E-state index >= 15 is 0 Å². The van der Waals surface area contributed by atoms with Crippen LogP contribution in [0.1, 0.15) is 42.9 Å². The van der Waals surface area contributed by atoms with Gasteiger partial charge in [0.15, 0.2) is 0 Å². The van der Waals surface area contributed by atoms with E-state index in [9.17, 15) is 5.11 Å². The largest absolute Gasteiger partial charge is 0.497 e. The molecule has 0 aliphatic heterocycles. The molecular weight excluding hydrogens is 358 g/mol. The van der Waals surface area contributed by atoms with E-state index in [1.807, 2.05) is 12.1 Å². The number of aliphatic hydroxyl groups is 1. The number of benzene rings is 2. The SMILES string of the molecule is COc1ccc(CC2(O)CCCCC2C(c2ccccc2)N(C)C)cc1.Cl. The van der Waals surface area contributed by atoms with E-state index in [0.717, 1.165) is 25.0 Å². The molecule has 1 saturated carbocycles. The molecule has 4 heteroatoms. The van der Waals surface area contributed by atoms with Crippen molar-refractivity contribution < 1.29 is 9.84 Å². The average molecular weight is 390 g/mol. The first-order valence-corrected chi connectivity index (χ1v) is 9.60. The zero-order chi connectivity index (χ0) is 18.6. The molecule has 1 N–H and O–H groups in total. The molecule has 3 atom stereocenters. The van der Waals surface area contributed by atoms with Gasteiger partial charge in [-0.15, -0.1) is 12.4 Å². The van der Waals surface area contributed by atoms with Crippen molar-refractivity contribution in [1.29, 1.82) is 0 Å². The highest BCUT2D eigenvalue weighted by Gasteiger charge is 2.44. The van der Waals surface area contributed by atoms with E-state index in [4.69, 9.17) is 4.74 Å². The molecule has 2 aromatic carbocycles. The number of ether oxygens (including phenoxy) is 1. The first-order valence-electron chi connectivity index (χ1n) is 9.60. The van der Waals surface area contributed by atoms with Crippen LogP contribution in [0.2, 0.25) is 0 Å². The van der Waals surface area contributed by atoms with Gasteiger partial charge in [0.2, 0.25) is 0 Å². The molecular formula is C23H32ClNO2. The molecule has 0 saturated heterocycles. The monoisotopic (exact) mass is 389 g/mol. The Morgan fingerprint density at radius 2 is 1.74 bits per heavy atom. The van der Waals surface area contributed by atoms with Crippen LogP contribution >= 0.6 is 12.4 Å². The summed E-state index contributed by atoms with van der Waals surface area (Å²) < 4.78 is 5.26. The highest BCUT2D eigenvalue weighted by atomic mass is 35.5. The number of hydrogen-bond acceptors (Lipinski definition) is 3. The molecule has 3 rings (SSSR count). The normalized spacial score (nSPS) is 23.5. The third kappa shape index (κ3) is 5.04. The summed E-state index contributed by atoms with van der Waals surface area (Å²) in [5.41, 5.74) is 1.78. The number of methoxy groups -OCH3 is 1. The van der Waals surface area contributed by atoms with Gasteiger partial charge in [0.1, 0.15) is 5.75 Å². The molecule has 0 heterocycles. The van der Waals surface area contributed by atoms with Crippen molar-refractivity contribution in [2.75, 3.05) is 21.2 Å². The molecule has 0 aromatic heterocycles. The van der Waals surface area contributed by atoms with Crippen LogP contribution in [0.25, 0.3) is 0 Å². The van der Waals surface area contributed by atoms with Crippen molar-refractivity contribution in [3.05, 3.63) is 65.7 Å². The third-order valence-electron chi connectivity index (χ3n) is 5.81. The quantitative estimate of drug-likeness (QED) is 0.763. The molecule has 0 bridgehead atoms. The fraction of sp³-hybridized carbons (Fsp3) is 0.478. The smallest absolute Gasteiger partial charge is 0.118 e. The Balaban J connectivity index is 0.00000261. The van der Waals surface area contributed by atoms with Crippen molar-refractivity contribution in [3.8, 4) is 5.75 Å². The second kappa shape index (κ2) is 9.59. The predicted octanol–water partition coefficient (Wildman–Crippen LogP) is 4.88. The van der Waals surface area contributed by atoms with Gasteiger partial charge in [0.05, 0.1) is 12.7 Å². The van der Waals surface area contributed by atoms with Gasteiger partial charge in [-0.2, -0.15) is 0 Å². The van der Waals surface area contributed by atoms with Gasteiger partial charge < -0.3 is 14.7 Å². The van der Waals surface area contributed by atoms with Crippen LogP contribution in [0.15, 0.2) is 54.6 Å². The van der Waals surface area contributed by atoms with Crippen LogP contribution in [-0.2, 0) is 6.42 Å². The molecule has 3 unspecified atom stereocenters. The lowest BCUT2D eigenvalue weighted by Gasteiger charge is -2.46. The van der Waals surface area contributed by atoms with E-state index < -0.39 is 5.60 Å². The third-order valence-corrected chi connectivity index (χ3v) is 5.81. The van der Waals surface area contributed by atoms with E-state index in [1.54, 1.807) is 7.11 Å². The lowest BCUT2D eigenvalue weighted by atomic mass is 9.67. The van der Waals surface area contributed by atoms with E-state index in [0.29, 0.717) is 6.42 Å². The molecule has 1 aliphatic carbocycles. The van der Waals surface area contributed by atoms with Crippen LogP contribution in [0.5, 0.6) is 5.75 Å². The maximum atomic E-state index is 11.7. The summed E-state index contributed by atoms with van der Waals surface area (Å²) in [6.07, 6.45) is 4.90. The minimum absolute atomic E-state index is 0. The van der Waals surface area contributed by atoms with E-state index in [2.05, 4.69) is 61.5 Å². The van der Waals surface area contributed by atoms with Gasteiger partial charge >= 0.3 is 0 Å². The van der Waals surface area contributed by atoms with Crippen molar-refractivity contribution >= 4 is 12.4 Å². The molecule has 2 aromatic rings. The van der Waals surface area contributed by atoms with Gasteiger partial charge in [-0.3, -0.25) is 0 Å². The molecule has 1 aliphatic rings. The van der Waals surface area contributed by atoms with Gasteiger partial charge in [0.25, 0.3) is 0 Å². The van der Waals surface area contributed by atoms with Gasteiger partial charge in [-0.1, -0.05) is 55.3 Å². The molecule has 0 spiro atoms. The molecule has 0 radical (unpaired) electrons. The summed E-state index contributed by atoms with van der Waals surface area (Å²) in [4.78, 5) is 2.27. The van der Waals surface area contributed by atoms with Crippen molar-refractivity contribution in [1.82, 2.24) is 4.90 Å². The Hall–Kier alpha value is -1.55. The number of rotatable bonds is 6. The Morgan fingerprint density at radius 3 is 2.33 bits per heavy atom. The minimum atomic E-state index is -0.683. The van der Waals surface area contributed by atoms with Crippen molar-refractivity contribution in [2.24, 2.45) is 5.92 Å². The van der Waals surface area contributed by atoms with Crippen LogP contribution in [0.4, 0.5) is 0 Å². The Bertz CT molecular complexity index is 689. The fourth-order valence-electron chi connectivity index (χ4n) is 4.56. The topological polar surface area (TPSA) is 32.7 Å². The Labute approximate surface area is 169 Å². The summed E-state index contributed by atoms with van der Waals surface area (Å²) in [5, 5.41) is 11.7. The Morgan fingerprint density at radius 1 is 1.07 bits per heavy atom. The van der Waals surface area contributed by atoms with Gasteiger partial charge in [0, 0.05) is 18.4 Å². The summed E-state index contributed by atoms with van der Waals surface area (Å²) >= 11 is 0. The zero-order valence-corrected chi connectivity index (χ0v) is 17.4. The van der Waals surface area contributed by atoms with Crippen LogP contribution < -0.4 is 4.74 Å². The maximum absolute atomic E-state index is 11.7. The van der Waals surface area contributed by atoms with Gasteiger partial charge in [-0.25, -0.2) is 0 Å². The standard InChI is InChI=1S/C23H31NO2.ClH/c1-24(2)22(19-9-5-4-6-10-19)21-11-7-8-16-23(21,25)17-18-12-14-20(26-3)15-13-18;/h4-6,9-10,12-15,21-22,25H,7-8,11,16-17H2,1-3H3;1H. The van der Waals surface area contributed by atoms with Crippen LogP contribution in [-0.4, -0.2) is 36.8 Å². The van der Waals surface area contributed by atoms with Crippen molar-refractivity contribution in [2.45, 2.75) is 43.7 Å². The summed E-state index contributed by atoms with van der Waals surface area (Å²) in [6, 6.07) is 19.0. The minimum Gasteiger partial charge on any atom is -0.497 e. The highest BCUT2D eigenvalue weighted by molar-refractivity contribution is 5.85. The fourth-order valence-corrected chi connectivity index (χ4v) is 4.56. The first-order chi connectivity index (χ1) is 12.5. The summed E-state index contributed by atoms with van der Waals surface area (Å²) in [6.45, 7) is 0. The van der Waals surface area contributed by atoms with Crippen LogP contribution in [0.3, 0.4) is 0 Å². The summed E-state index contributed by atoms with van der Waals surface area (Å²) in [5.74, 6) is 1.08. The average Bonchev–Trinajstić information content (AvgIpc) is 2.65. The predicted molar refractivity (Wildman–Crippen MR) is 114 cm³/mol.